The number of carbonyl (C=O) groups is 2. The first-order chi connectivity index (χ1) is 17.3. The fourth-order valence-electron chi connectivity index (χ4n) is 3.82. The van der Waals surface area contributed by atoms with Crippen molar-refractivity contribution in [3.63, 3.8) is 0 Å². The lowest BCUT2D eigenvalue weighted by molar-refractivity contribution is -0.138. The van der Waals surface area contributed by atoms with Gasteiger partial charge in [-0.25, -0.2) is 9.79 Å². The van der Waals surface area contributed by atoms with Crippen LogP contribution in [0.1, 0.15) is 62.1 Å². The molecule has 0 unspecified atom stereocenters. The maximum Gasteiger partial charge on any atom is 0.416 e. The molecule has 3 N–H and O–H groups in total. The minimum atomic E-state index is -4.65. The van der Waals surface area contributed by atoms with Crippen molar-refractivity contribution in [2.45, 2.75) is 65.4 Å². The third-order valence-electron chi connectivity index (χ3n) is 5.34. The summed E-state index contributed by atoms with van der Waals surface area (Å²) < 4.78 is 46.8. The van der Waals surface area contributed by atoms with Gasteiger partial charge in [-0.1, -0.05) is 19.1 Å². The summed E-state index contributed by atoms with van der Waals surface area (Å²) in [7, 11) is 0. The van der Waals surface area contributed by atoms with Gasteiger partial charge in [-0.05, 0) is 61.9 Å². The largest absolute Gasteiger partial charge is 0.444 e. The maximum atomic E-state index is 13.9. The van der Waals surface area contributed by atoms with Gasteiger partial charge < -0.3 is 20.7 Å². The second kappa shape index (κ2) is 11.4. The van der Waals surface area contributed by atoms with E-state index in [0.29, 0.717) is 35.6 Å². The number of halogens is 3. The van der Waals surface area contributed by atoms with Crippen molar-refractivity contribution in [3.8, 4) is 0 Å². The van der Waals surface area contributed by atoms with Gasteiger partial charge in [-0.2, -0.15) is 13.2 Å². The number of thiophene rings is 1. The van der Waals surface area contributed by atoms with E-state index in [1.54, 1.807) is 26.8 Å². The Hall–Kier alpha value is -3.34. The SMILES string of the molecule is CCCN(Cc1ccc(CNC(=O)OC(C)(C)C)c(C(F)(F)F)c1)C(=O)C1=Cc2sccc2N=C(N)C1. The molecular formula is C26H31F3N4O3S. The van der Waals surface area contributed by atoms with Gasteiger partial charge in [0.1, 0.15) is 11.4 Å². The molecule has 2 heterocycles. The lowest BCUT2D eigenvalue weighted by Crippen LogP contribution is -2.34. The number of ether oxygens (including phenoxy) is 1. The predicted octanol–water partition coefficient (Wildman–Crippen LogP) is 6.01. The summed E-state index contributed by atoms with van der Waals surface area (Å²) in [6.45, 7) is 6.87. The quantitative estimate of drug-likeness (QED) is 0.453. The molecule has 0 saturated carbocycles. The number of rotatable bonds is 7. The van der Waals surface area contributed by atoms with Crippen LogP contribution >= 0.6 is 11.3 Å². The van der Waals surface area contributed by atoms with Crippen LogP contribution < -0.4 is 11.1 Å². The molecule has 1 aliphatic rings. The molecule has 0 spiro atoms. The third kappa shape index (κ3) is 7.82. The Morgan fingerprint density at radius 2 is 1.95 bits per heavy atom. The molecule has 0 saturated heterocycles. The first-order valence-electron chi connectivity index (χ1n) is 11.8. The lowest BCUT2D eigenvalue weighted by atomic mass is 10.0. The number of hydrogen-bond acceptors (Lipinski definition) is 6. The van der Waals surface area contributed by atoms with Crippen molar-refractivity contribution in [3.05, 3.63) is 56.8 Å². The zero-order valence-corrected chi connectivity index (χ0v) is 22.1. The molecule has 0 fully saturated rings. The Bertz CT molecular complexity index is 1210. The fraction of sp³-hybridized carbons (Fsp3) is 0.423. The van der Waals surface area contributed by atoms with Gasteiger partial charge in [0.2, 0.25) is 0 Å². The highest BCUT2D eigenvalue weighted by Crippen LogP contribution is 2.34. The second-order valence-electron chi connectivity index (χ2n) is 9.69. The van der Waals surface area contributed by atoms with Crippen molar-refractivity contribution in [1.82, 2.24) is 10.2 Å². The summed E-state index contributed by atoms with van der Waals surface area (Å²) >= 11 is 1.43. The molecule has 2 aromatic rings. The number of amides is 2. The number of aliphatic imine (C=N–C) groups is 1. The van der Waals surface area contributed by atoms with Gasteiger partial charge in [-0.15, -0.1) is 11.3 Å². The number of amidine groups is 1. The molecule has 1 aliphatic heterocycles. The topological polar surface area (TPSA) is 97.0 Å². The van der Waals surface area contributed by atoms with Crippen LogP contribution in [-0.4, -0.2) is 34.9 Å². The molecular weight excluding hydrogens is 505 g/mol. The van der Waals surface area contributed by atoms with Crippen LogP contribution in [0.2, 0.25) is 0 Å². The summed E-state index contributed by atoms with van der Waals surface area (Å²) in [5.41, 5.74) is 5.71. The zero-order valence-electron chi connectivity index (χ0n) is 21.2. The number of nitrogens with one attached hydrogen (secondary N) is 1. The molecule has 0 atom stereocenters. The van der Waals surface area contributed by atoms with Crippen LogP contribution in [0, 0.1) is 0 Å². The van der Waals surface area contributed by atoms with E-state index in [-0.39, 0.29) is 31.0 Å². The highest BCUT2D eigenvalue weighted by molar-refractivity contribution is 7.11. The predicted molar refractivity (Wildman–Crippen MR) is 138 cm³/mol. The van der Waals surface area contributed by atoms with E-state index in [0.717, 1.165) is 10.9 Å². The van der Waals surface area contributed by atoms with Gasteiger partial charge in [-0.3, -0.25) is 4.79 Å². The molecule has 3 rings (SSSR count). The average Bonchev–Trinajstić information content (AvgIpc) is 3.14. The number of benzene rings is 1. The summed E-state index contributed by atoms with van der Waals surface area (Å²) in [6, 6.07) is 5.69. The highest BCUT2D eigenvalue weighted by Gasteiger charge is 2.34. The molecule has 11 heteroatoms. The van der Waals surface area contributed by atoms with Crippen LogP contribution in [0.15, 0.2) is 40.2 Å². The van der Waals surface area contributed by atoms with Gasteiger partial charge in [0.25, 0.3) is 5.91 Å². The van der Waals surface area contributed by atoms with E-state index in [1.807, 2.05) is 18.4 Å². The Kier molecular flexibility index (Phi) is 8.68. The van der Waals surface area contributed by atoms with Crippen molar-refractivity contribution in [2.24, 2.45) is 10.7 Å². The molecule has 200 valence electrons. The van der Waals surface area contributed by atoms with Crippen molar-refractivity contribution in [2.75, 3.05) is 6.54 Å². The molecule has 37 heavy (non-hydrogen) atoms. The van der Waals surface area contributed by atoms with Crippen LogP contribution in [0.3, 0.4) is 0 Å². The van der Waals surface area contributed by atoms with Crippen molar-refractivity contribution >= 4 is 40.9 Å². The molecule has 1 aromatic carbocycles. The lowest BCUT2D eigenvalue weighted by Gasteiger charge is -2.25. The first kappa shape index (κ1) is 28.2. The number of nitrogens with zero attached hydrogens (tertiary/aromatic N) is 2. The number of fused-ring (bicyclic) bond motifs is 1. The van der Waals surface area contributed by atoms with E-state index in [2.05, 4.69) is 10.3 Å². The van der Waals surface area contributed by atoms with Crippen molar-refractivity contribution < 1.29 is 27.5 Å². The van der Waals surface area contributed by atoms with Crippen LogP contribution in [-0.2, 0) is 28.8 Å². The molecule has 0 aliphatic carbocycles. The standard InChI is InChI=1S/C26H31F3N4O3S/c1-5-9-33(23(34)18-12-21-20(8-10-37-21)32-22(30)13-18)15-16-6-7-17(19(11-16)26(27,28)29)14-31-24(35)36-25(2,3)4/h6-8,10-12H,5,9,13-15H2,1-4H3,(H2,30,32)(H,31,35). The van der Waals surface area contributed by atoms with E-state index in [9.17, 15) is 22.8 Å². The second-order valence-corrected chi connectivity index (χ2v) is 10.6. The minimum Gasteiger partial charge on any atom is -0.444 e. The maximum absolute atomic E-state index is 13.9. The fourth-order valence-corrected chi connectivity index (χ4v) is 4.61. The van der Waals surface area contributed by atoms with Crippen LogP contribution in [0.4, 0.5) is 23.7 Å². The molecule has 2 amide bonds. The summed E-state index contributed by atoms with van der Waals surface area (Å²) in [4.78, 5) is 32.0. The average molecular weight is 537 g/mol. The molecule has 7 nitrogen and oxygen atoms in total. The minimum absolute atomic E-state index is 0.0127. The molecule has 0 radical (unpaired) electrons. The molecule has 1 aromatic heterocycles. The number of alkyl halides is 3. The summed E-state index contributed by atoms with van der Waals surface area (Å²) in [5.74, 6) is -0.000117. The highest BCUT2D eigenvalue weighted by atomic mass is 32.1. The number of alkyl carbamates (subject to hydrolysis) is 1. The van der Waals surface area contributed by atoms with E-state index in [4.69, 9.17) is 10.5 Å². The Labute approximate surface area is 218 Å². The Balaban J connectivity index is 1.83. The van der Waals surface area contributed by atoms with E-state index < -0.39 is 23.4 Å². The first-order valence-corrected chi connectivity index (χ1v) is 12.7. The van der Waals surface area contributed by atoms with Crippen LogP contribution in [0.5, 0.6) is 0 Å². The van der Waals surface area contributed by atoms with Crippen molar-refractivity contribution in [1.29, 1.82) is 0 Å². The summed E-state index contributed by atoms with van der Waals surface area (Å²) in [5, 5.41) is 4.22. The van der Waals surface area contributed by atoms with E-state index >= 15 is 0 Å². The third-order valence-corrected chi connectivity index (χ3v) is 6.20. The smallest absolute Gasteiger partial charge is 0.416 e. The van der Waals surface area contributed by atoms with Gasteiger partial charge in [0.05, 0.1) is 16.1 Å². The number of hydrogen-bond donors (Lipinski definition) is 2. The number of nitrogens with two attached hydrogens (primary N) is 1. The normalized spacial score (nSPS) is 13.7. The van der Waals surface area contributed by atoms with Gasteiger partial charge in [0.15, 0.2) is 0 Å². The monoisotopic (exact) mass is 536 g/mol. The molecule has 0 bridgehead atoms. The number of carbonyl (C=O) groups excluding carboxylic acids is 2. The van der Waals surface area contributed by atoms with Gasteiger partial charge >= 0.3 is 12.3 Å². The Morgan fingerprint density at radius 3 is 2.59 bits per heavy atom. The van der Waals surface area contributed by atoms with Crippen LogP contribution in [0.25, 0.3) is 6.08 Å². The van der Waals surface area contributed by atoms with E-state index in [1.165, 1.54) is 28.4 Å². The summed E-state index contributed by atoms with van der Waals surface area (Å²) in [6.07, 6.45) is -2.93. The Morgan fingerprint density at radius 1 is 1.22 bits per heavy atom. The van der Waals surface area contributed by atoms with Gasteiger partial charge in [0, 0.05) is 31.6 Å². The zero-order chi connectivity index (χ0) is 27.4.